The Morgan fingerprint density at radius 3 is 2.72 bits per heavy atom. The number of hydrogen-bond acceptors (Lipinski definition) is 2. The molecule has 0 aliphatic heterocycles. The number of aromatic amines is 1. The second-order valence-corrected chi connectivity index (χ2v) is 4.23. The highest BCUT2D eigenvalue weighted by Crippen LogP contribution is 2.17. The van der Waals surface area contributed by atoms with Crippen molar-refractivity contribution in [3.63, 3.8) is 0 Å². The molecule has 3 aromatic rings. The zero-order valence-electron chi connectivity index (χ0n) is 9.43. The van der Waals surface area contributed by atoms with Gasteiger partial charge in [0.1, 0.15) is 5.65 Å². The van der Waals surface area contributed by atoms with Crippen molar-refractivity contribution in [1.29, 1.82) is 0 Å². The molecule has 0 unspecified atom stereocenters. The minimum Gasteiger partial charge on any atom is -0.342 e. The van der Waals surface area contributed by atoms with Gasteiger partial charge in [0.15, 0.2) is 0 Å². The summed E-state index contributed by atoms with van der Waals surface area (Å²) < 4.78 is 1.35. The minimum atomic E-state index is -0.179. The first-order valence-corrected chi connectivity index (χ1v) is 6.05. The van der Waals surface area contributed by atoms with E-state index in [4.69, 9.17) is 11.6 Å². The van der Waals surface area contributed by atoms with Crippen LogP contribution in [-0.2, 0) is 5.88 Å². The van der Waals surface area contributed by atoms with Crippen molar-refractivity contribution >= 4 is 17.2 Å². The van der Waals surface area contributed by atoms with Gasteiger partial charge in [0.05, 0.1) is 11.6 Å². The zero-order chi connectivity index (χ0) is 12.5. The third-order valence-electron chi connectivity index (χ3n) is 2.72. The van der Waals surface area contributed by atoms with Crippen molar-refractivity contribution in [3.05, 3.63) is 58.5 Å². The molecule has 0 bridgehead atoms. The van der Waals surface area contributed by atoms with Crippen LogP contribution < -0.4 is 5.56 Å². The Kier molecular flexibility index (Phi) is 2.64. The van der Waals surface area contributed by atoms with Gasteiger partial charge in [-0.3, -0.25) is 4.79 Å². The smallest absolute Gasteiger partial charge is 0.274 e. The largest absolute Gasteiger partial charge is 0.342 e. The molecule has 5 heteroatoms. The van der Waals surface area contributed by atoms with Crippen LogP contribution in [0.2, 0.25) is 0 Å². The highest BCUT2D eigenvalue weighted by atomic mass is 35.5. The molecule has 0 atom stereocenters. The van der Waals surface area contributed by atoms with Crippen LogP contribution in [0.15, 0.2) is 47.3 Å². The molecule has 1 N–H and O–H groups in total. The number of nitrogens with zero attached hydrogens (tertiary/aromatic N) is 2. The molecule has 4 nitrogen and oxygen atoms in total. The van der Waals surface area contributed by atoms with E-state index in [1.807, 2.05) is 36.4 Å². The molecule has 3 rings (SSSR count). The van der Waals surface area contributed by atoms with Gasteiger partial charge in [0.2, 0.25) is 0 Å². The summed E-state index contributed by atoms with van der Waals surface area (Å²) in [7, 11) is 0. The number of benzene rings is 1. The summed E-state index contributed by atoms with van der Waals surface area (Å²) in [5, 5.41) is 4.29. The van der Waals surface area contributed by atoms with Gasteiger partial charge in [0.25, 0.3) is 5.56 Å². The van der Waals surface area contributed by atoms with Crippen LogP contribution in [0.4, 0.5) is 0 Å². The first-order chi connectivity index (χ1) is 8.78. The first-order valence-electron chi connectivity index (χ1n) is 5.51. The lowest BCUT2D eigenvalue weighted by Crippen LogP contribution is -2.14. The molecule has 1 aromatic carbocycles. The number of halogens is 1. The number of aromatic nitrogens is 3. The molecule has 18 heavy (non-hydrogen) atoms. The Hall–Kier alpha value is -2.07. The van der Waals surface area contributed by atoms with Crippen molar-refractivity contribution in [2.45, 2.75) is 5.88 Å². The fourth-order valence-corrected chi connectivity index (χ4v) is 2.01. The lowest BCUT2D eigenvalue weighted by Gasteiger charge is -1.96. The van der Waals surface area contributed by atoms with Gasteiger partial charge in [-0.25, -0.2) is 0 Å². The van der Waals surface area contributed by atoms with E-state index in [2.05, 4.69) is 10.1 Å². The molecular weight excluding hydrogens is 250 g/mol. The molecule has 2 aromatic heterocycles. The highest BCUT2D eigenvalue weighted by molar-refractivity contribution is 6.16. The number of fused-ring (bicyclic) bond motifs is 1. The summed E-state index contributed by atoms with van der Waals surface area (Å²) in [5.41, 5.74) is 2.89. The molecule has 0 aliphatic carbocycles. The summed E-state index contributed by atoms with van der Waals surface area (Å²) in [4.78, 5) is 14.9. The zero-order valence-corrected chi connectivity index (χ0v) is 10.2. The van der Waals surface area contributed by atoms with Crippen molar-refractivity contribution in [2.24, 2.45) is 0 Å². The number of rotatable bonds is 2. The summed E-state index contributed by atoms with van der Waals surface area (Å²) in [6.07, 6.45) is 0. The first kappa shape index (κ1) is 11.0. The van der Waals surface area contributed by atoms with Crippen LogP contribution in [0.25, 0.3) is 16.9 Å². The maximum absolute atomic E-state index is 11.8. The second kappa shape index (κ2) is 4.31. The maximum atomic E-state index is 11.8. The van der Waals surface area contributed by atoms with Gasteiger partial charge in [-0.15, -0.1) is 11.6 Å². The summed E-state index contributed by atoms with van der Waals surface area (Å²) in [6.45, 7) is 0. The Labute approximate surface area is 108 Å². The van der Waals surface area contributed by atoms with E-state index in [1.54, 1.807) is 0 Å². The fourth-order valence-electron chi connectivity index (χ4n) is 1.87. The molecule has 2 heterocycles. The molecule has 90 valence electrons. The fraction of sp³-hybridized carbons (Fsp3) is 0.0769. The van der Waals surface area contributed by atoms with Crippen molar-refractivity contribution in [2.75, 3.05) is 0 Å². The topological polar surface area (TPSA) is 50.2 Å². The monoisotopic (exact) mass is 259 g/mol. The van der Waals surface area contributed by atoms with Crippen LogP contribution in [-0.4, -0.2) is 14.6 Å². The lowest BCUT2D eigenvalue weighted by atomic mass is 10.2. The summed E-state index contributed by atoms with van der Waals surface area (Å²) >= 11 is 5.72. The average molecular weight is 260 g/mol. The Morgan fingerprint density at radius 2 is 2.00 bits per heavy atom. The van der Waals surface area contributed by atoms with Crippen LogP contribution in [0, 0.1) is 0 Å². The Balaban J connectivity index is 2.23. The van der Waals surface area contributed by atoms with Crippen LogP contribution >= 0.6 is 11.6 Å². The normalized spacial score (nSPS) is 10.9. The van der Waals surface area contributed by atoms with Crippen LogP contribution in [0.1, 0.15) is 5.69 Å². The van der Waals surface area contributed by atoms with Crippen LogP contribution in [0.5, 0.6) is 0 Å². The van der Waals surface area contributed by atoms with Crippen molar-refractivity contribution < 1.29 is 0 Å². The quantitative estimate of drug-likeness (QED) is 0.719. The molecule has 0 amide bonds. The van der Waals surface area contributed by atoms with E-state index in [1.165, 1.54) is 10.6 Å². The van der Waals surface area contributed by atoms with Crippen molar-refractivity contribution in [1.82, 2.24) is 14.6 Å². The minimum absolute atomic E-state index is 0.179. The Bertz CT molecular complexity index is 746. The molecule has 0 saturated heterocycles. The third-order valence-corrected chi connectivity index (χ3v) is 3.01. The van der Waals surface area contributed by atoms with Gasteiger partial charge in [0, 0.05) is 23.4 Å². The van der Waals surface area contributed by atoms with Crippen molar-refractivity contribution in [3.8, 4) is 11.3 Å². The van der Waals surface area contributed by atoms with E-state index in [9.17, 15) is 4.79 Å². The lowest BCUT2D eigenvalue weighted by molar-refractivity contribution is 0.891. The second-order valence-electron chi connectivity index (χ2n) is 3.96. The van der Waals surface area contributed by atoms with Gasteiger partial charge in [-0.2, -0.15) is 9.61 Å². The van der Waals surface area contributed by atoms with Gasteiger partial charge >= 0.3 is 0 Å². The highest BCUT2D eigenvalue weighted by Gasteiger charge is 2.07. The van der Waals surface area contributed by atoms with E-state index in [0.717, 1.165) is 11.3 Å². The maximum Gasteiger partial charge on any atom is 0.274 e. The Morgan fingerprint density at radius 1 is 1.22 bits per heavy atom. The van der Waals surface area contributed by atoms with Crippen LogP contribution in [0.3, 0.4) is 0 Å². The number of nitrogens with one attached hydrogen (secondary N) is 1. The molecule has 0 spiro atoms. The van der Waals surface area contributed by atoms with Gasteiger partial charge in [-0.05, 0) is 0 Å². The molecule has 0 saturated carbocycles. The predicted molar refractivity (Wildman–Crippen MR) is 70.8 cm³/mol. The molecule has 0 aliphatic rings. The summed E-state index contributed by atoms with van der Waals surface area (Å²) in [5.74, 6) is 0.275. The van der Waals surface area contributed by atoms with E-state index in [-0.39, 0.29) is 11.4 Å². The number of hydrogen-bond donors (Lipinski definition) is 1. The number of alkyl halides is 1. The van der Waals surface area contributed by atoms with Gasteiger partial charge in [-0.1, -0.05) is 30.3 Å². The van der Waals surface area contributed by atoms with E-state index in [0.29, 0.717) is 11.3 Å². The SMILES string of the molecule is O=c1cc(CCl)[nH]c2cc(-c3ccccc3)nn12. The molecule has 0 radical (unpaired) electrons. The summed E-state index contributed by atoms with van der Waals surface area (Å²) in [6, 6.07) is 13.0. The predicted octanol–water partition coefficient (Wildman–Crippen LogP) is 2.43. The molecular formula is C13H10ClN3O. The molecule has 0 fully saturated rings. The van der Waals surface area contributed by atoms with Gasteiger partial charge < -0.3 is 4.98 Å². The van der Waals surface area contributed by atoms with E-state index < -0.39 is 0 Å². The average Bonchev–Trinajstić information content (AvgIpc) is 2.84. The third kappa shape index (κ3) is 1.80. The number of H-pyrrole nitrogens is 1. The standard InChI is InChI=1S/C13H10ClN3O/c14-8-10-6-13(18)17-12(15-10)7-11(16-17)9-4-2-1-3-5-9/h1-7,15H,8H2. The van der Waals surface area contributed by atoms with E-state index >= 15 is 0 Å².